The maximum absolute atomic E-state index is 12.9. The monoisotopic (exact) mass is 425 g/mol. The largest absolute Gasteiger partial charge is 0.348 e. The van der Waals surface area contributed by atoms with Gasteiger partial charge in [-0.15, -0.1) is 0 Å². The fourth-order valence-electron chi connectivity index (χ4n) is 3.46. The number of carbonyl (C=O) groups excluding carboxylic acids is 1. The minimum absolute atomic E-state index is 0.119. The average molecular weight is 426 g/mol. The molecule has 158 valence electrons. The molecule has 0 fully saturated rings. The molecule has 3 N–H and O–H groups in total. The Morgan fingerprint density at radius 1 is 1.13 bits per heavy atom. The van der Waals surface area contributed by atoms with Crippen LogP contribution in [0.3, 0.4) is 0 Å². The number of hydrogen-bond donors (Lipinski definition) is 3. The Kier molecular flexibility index (Phi) is 7.18. The third-order valence-electron chi connectivity index (χ3n) is 5.51. The number of quaternary nitrogens is 1. The zero-order valence-corrected chi connectivity index (χ0v) is 18.6. The van der Waals surface area contributed by atoms with E-state index < -0.39 is 0 Å². The predicted molar refractivity (Wildman–Crippen MR) is 123 cm³/mol. The van der Waals surface area contributed by atoms with Crippen molar-refractivity contribution >= 4 is 29.0 Å². The minimum Gasteiger partial charge on any atom is -0.348 e. The Balaban J connectivity index is 1.79. The summed E-state index contributed by atoms with van der Waals surface area (Å²) in [6, 6.07) is 13.1. The first-order valence-electron chi connectivity index (χ1n) is 10.4. The highest BCUT2D eigenvalue weighted by atomic mass is 32.1. The lowest BCUT2D eigenvalue weighted by Gasteiger charge is -2.16. The molecule has 0 saturated heterocycles. The molecule has 0 saturated carbocycles. The second kappa shape index (κ2) is 9.82. The van der Waals surface area contributed by atoms with E-state index in [0.29, 0.717) is 34.3 Å². The molecule has 0 aliphatic rings. The van der Waals surface area contributed by atoms with Crippen LogP contribution in [0.15, 0.2) is 47.3 Å². The van der Waals surface area contributed by atoms with Gasteiger partial charge in [0.25, 0.3) is 11.5 Å². The van der Waals surface area contributed by atoms with Gasteiger partial charge in [0.2, 0.25) is 0 Å². The molecule has 30 heavy (non-hydrogen) atoms. The van der Waals surface area contributed by atoms with Gasteiger partial charge in [0.15, 0.2) is 4.77 Å². The van der Waals surface area contributed by atoms with Crippen molar-refractivity contribution in [3.05, 3.63) is 74.3 Å². The van der Waals surface area contributed by atoms with Crippen LogP contribution in [0.1, 0.15) is 35.3 Å². The Labute approximate surface area is 181 Å². The van der Waals surface area contributed by atoms with Crippen molar-refractivity contribution in [3.63, 3.8) is 0 Å². The van der Waals surface area contributed by atoms with Gasteiger partial charge in [-0.25, -0.2) is 0 Å². The van der Waals surface area contributed by atoms with E-state index in [1.54, 1.807) is 22.8 Å². The first kappa shape index (κ1) is 21.9. The van der Waals surface area contributed by atoms with Crippen molar-refractivity contribution in [1.29, 1.82) is 0 Å². The van der Waals surface area contributed by atoms with E-state index >= 15 is 0 Å². The summed E-state index contributed by atoms with van der Waals surface area (Å²) in [4.78, 5) is 30.0. The Morgan fingerprint density at radius 3 is 2.50 bits per heavy atom. The van der Waals surface area contributed by atoms with Crippen molar-refractivity contribution < 1.29 is 9.69 Å². The highest BCUT2D eigenvalue weighted by Gasteiger charge is 2.12. The SMILES string of the molecule is CC[NH+](CC)CCn1c(=S)[nH]c2cc(C(=O)NCc3ccc(C)cc3)ccc2c1=O. The standard InChI is InChI=1S/C23H28N4O2S/c1-4-26(5-2)12-13-27-22(29)19-11-10-18(14-20(19)25-23(27)30)21(28)24-15-17-8-6-16(3)7-9-17/h6-11,14H,4-5,12-13,15H2,1-3H3,(H,24,28)(H,25,30)/p+1. The minimum atomic E-state index is -0.189. The van der Waals surface area contributed by atoms with E-state index in [9.17, 15) is 9.59 Å². The predicted octanol–water partition coefficient (Wildman–Crippen LogP) is 2.22. The number of amides is 1. The van der Waals surface area contributed by atoms with E-state index in [1.807, 2.05) is 31.2 Å². The van der Waals surface area contributed by atoms with E-state index in [1.165, 1.54) is 10.5 Å². The molecule has 0 bridgehead atoms. The molecule has 3 aromatic rings. The van der Waals surface area contributed by atoms with Gasteiger partial charge in [0, 0.05) is 12.1 Å². The van der Waals surface area contributed by atoms with Crippen molar-refractivity contribution in [1.82, 2.24) is 14.9 Å². The fraction of sp³-hybridized carbons (Fsp3) is 0.348. The zero-order chi connectivity index (χ0) is 21.7. The van der Waals surface area contributed by atoms with Crippen molar-refractivity contribution in [3.8, 4) is 0 Å². The number of fused-ring (bicyclic) bond motifs is 1. The molecule has 0 unspecified atom stereocenters. The molecule has 0 aliphatic heterocycles. The molecule has 7 heteroatoms. The molecule has 0 aliphatic carbocycles. The summed E-state index contributed by atoms with van der Waals surface area (Å²) >= 11 is 5.42. The molecule has 1 heterocycles. The number of aromatic amines is 1. The van der Waals surface area contributed by atoms with Crippen molar-refractivity contribution in [2.75, 3.05) is 19.6 Å². The van der Waals surface area contributed by atoms with Crippen LogP contribution in [0, 0.1) is 11.7 Å². The van der Waals surface area contributed by atoms with Crippen LogP contribution in [0.4, 0.5) is 0 Å². The van der Waals surface area contributed by atoms with Crippen molar-refractivity contribution in [2.24, 2.45) is 0 Å². The van der Waals surface area contributed by atoms with Gasteiger partial charge in [0.1, 0.15) is 0 Å². The lowest BCUT2D eigenvalue weighted by molar-refractivity contribution is -0.897. The first-order chi connectivity index (χ1) is 14.4. The molecule has 1 amide bonds. The number of benzene rings is 2. The molecule has 1 aromatic heterocycles. The van der Waals surface area contributed by atoms with Crippen LogP contribution in [0.25, 0.3) is 10.9 Å². The topological polar surface area (TPSA) is 71.3 Å². The van der Waals surface area contributed by atoms with Gasteiger partial charge in [0.05, 0.1) is 37.1 Å². The molecule has 0 atom stereocenters. The number of aryl methyl sites for hydroxylation is 1. The highest BCUT2D eigenvalue weighted by molar-refractivity contribution is 7.71. The number of hydrogen-bond acceptors (Lipinski definition) is 3. The quantitative estimate of drug-likeness (QED) is 0.485. The summed E-state index contributed by atoms with van der Waals surface area (Å²) in [6.45, 7) is 10.2. The second-order valence-electron chi connectivity index (χ2n) is 7.52. The molecular weight excluding hydrogens is 396 g/mol. The Morgan fingerprint density at radius 2 is 1.83 bits per heavy atom. The molecule has 2 aromatic carbocycles. The summed E-state index contributed by atoms with van der Waals surface area (Å²) in [7, 11) is 0. The van der Waals surface area contributed by atoms with Gasteiger partial charge >= 0.3 is 0 Å². The van der Waals surface area contributed by atoms with Crippen LogP contribution in [-0.4, -0.2) is 35.1 Å². The van der Waals surface area contributed by atoms with Crippen molar-refractivity contribution in [2.45, 2.75) is 33.9 Å². The fourth-order valence-corrected chi connectivity index (χ4v) is 3.75. The molecule has 0 radical (unpaired) electrons. The number of aromatic nitrogens is 2. The number of rotatable bonds is 8. The van der Waals surface area contributed by atoms with Crippen LogP contribution >= 0.6 is 12.2 Å². The van der Waals surface area contributed by atoms with Gasteiger partial charge in [-0.2, -0.15) is 0 Å². The Hall–Kier alpha value is -2.77. The number of nitrogens with one attached hydrogen (secondary N) is 3. The highest BCUT2D eigenvalue weighted by Crippen LogP contribution is 2.11. The maximum atomic E-state index is 12.9. The summed E-state index contributed by atoms with van der Waals surface area (Å²) in [5.41, 5.74) is 3.17. The van der Waals surface area contributed by atoms with Crippen LogP contribution in [0.5, 0.6) is 0 Å². The third-order valence-corrected chi connectivity index (χ3v) is 5.83. The van der Waals surface area contributed by atoms with E-state index in [-0.39, 0.29) is 11.5 Å². The molecule has 0 spiro atoms. The van der Waals surface area contributed by atoms with E-state index in [2.05, 4.69) is 24.1 Å². The number of likely N-dealkylation sites (N-methyl/N-ethyl adjacent to an activating group) is 1. The molecule has 3 rings (SSSR count). The first-order valence-corrected chi connectivity index (χ1v) is 10.8. The van der Waals surface area contributed by atoms with Crippen LogP contribution in [-0.2, 0) is 13.1 Å². The van der Waals surface area contributed by atoms with Gasteiger partial charge < -0.3 is 15.2 Å². The second-order valence-corrected chi connectivity index (χ2v) is 7.91. The third kappa shape index (κ3) is 5.04. The van der Waals surface area contributed by atoms with Crippen LogP contribution in [0.2, 0.25) is 0 Å². The number of carbonyl (C=O) groups is 1. The number of nitrogens with zero attached hydrogens (tertiary/aromatic N) is 1. The maximum Gasteiger partial charge on any atom is 0.262 e. The van der Waals surface area contributed by atoms with Gasteiger partial charge in [-0.05, 0) is 56.8 Å². The normalized spacial score (nSPS) is 11.2. The zero-order valence-electron chi connectivity index (χ0n) is 17.7. The summed E-state index contributed by atoms with van der Waals surface area (Å²) in [5.74, 6) is -0.189. The smallest absolute Gasteiger partial charge is 0.262 e. The van der Waals surface area contributed by atoms with Gasteiger partial charge in [-0.1, -0.05) is 29.8 Å². The average Bonchev–Trinajstić information content (AvgIpc) is 2.75. The summed E-state index contributed by atoms with van der Waals surface area (Å²) < 4.78 is 2.00. The summed E-state index contributed by atoms with van der Waals surface area (Å²) in [6.07, 6.45) is 0. The van der Waals surface area contributed by atoms with Crippen LogP contribution < -0.4 is 15.8 Å². The van der Waals surface area contributed by atoms with Gasteiger partial charge in [-0.3, -0.25) is 14.2 Å². The Bertz CT molecular complexity index is 1140. The molecule has 6 nitrogen and oxygen atoms in total. The lowest BCUT2D eigenvalue weighted by Crippen LogP contribution is -3.11. The summed E-state index contributed by atoms with van der Waals surface area (Å²) in [5, 5.41) is 3.46. The van der Waals surface area contributed by atoms with E-state index in [0.717, 1.165) is 25.2 Å². The van der Waals surface area contributed by atoms with E-state index in [4.69, 9.17) is 12.2 Å². The lowest BCUT2D eigenvalue weighted by atomic mass is 10.1. The number of H-pyrrole nitrogens is 1. The molecular formula is C23H29N4O2S+.